The predicted octanol–water partition coefficient (Wildman–Crippen LogP) is 2.71. The Hall–Kier alpha value is -2.49. The molecular weight excluding hydrogens is 355 g/mol. The molecule has 3 N–H and O–H groups in total. The Bertz CT molecular complexity index is 713. The second-order valence-electron chi connectivity index (χ2n) is 5.26. The van der Waals surface area contributed by atoms with Crippen LogP contribution in [0.25, 0.3) is 0 Å². The van der Waals surface area contributed by atoms with Crippen LogP contribution >= 0.6 is 11.3 Å². The van der Waals surface area contributed by atoms with Crippen LogP contribution in [0.2, 0.25) is 0 Å². The van der Waals surface area contributed by atoms with Gasteiger partial charge < -0.3 is 20.7 Å². The van der Waals surface area contributed by atoms with Crippen LogP contribution in [-0.4, -0.2) is 31.4 Å². The van der Waals surface area contributed by atoms with E-state index in [1.54, 1.807) is 0 Å². The molecule has 1 aromatic heterocycles. The van der Waals surface area contributed by atoms with Gasteiger partial charge in [0.15, 0.2) is 11.1 Å². The van der Waals surface area contributed by atoms with Crippen LogP contribution in [0.1, 0.15) is 11.3 Å². The number of rotatable bonds is 6. The molecule has 1 heterocycles. The SMILES string of the molecule is CN(C)c1nc(CNC(N)=NCc2ccc(OC(F)(F)F)cc2)cs1. The van der Waals surface area contributed by atoms with Crippen LogP contribution in [0.4, 0.5) is 18.3 Å². The number of aliphatic imine (C=N–C) groups is 1. The van der Waals surface area contributed by atoms with Crippen LogP contribution in [0.3, 0.4) is 0 Å². The van der Waals surface area contributed by atoms with E-state index in [1.807, 2.05) is 24.4 Å². The highest BCUT2D eigenvalue weighted by Crippen LogP contribution is 2.22. The van der Waals surface area contributed by atoms with Gasteiger partial charge >= 0.3 is 6.36 Å². The van der Waals surface area contributed by atoms with Crippen molar-refractivity contribution in [3.63, 3.8) is 0 Å². The Kier molecular flexibility index (Phi) is 6.07. The lowest BCUT2D eigenvalue weighted by molar-refractivity contribution is -0.274. The summed E-state index contributed by atoms with van der Waals surface area (Å²) in [6.07, 6.45) is -4.70. The van der Waals surface area contributed by atoms with E-state index in [4.69, 9.17) is 5.73 Å². The first-order valence-corrected chi connectivity index (χ1v) is 8.11. The van der Waals surface area contributed by atoms with Crippen molar-refractivity contribution in [2.24, 2.45) is 10.7 Å². The first kappa shape index (κ1) is 18.8. The number of thiazole rings is 1. The van der Waals surface area contributed by atoms with Crippen molar-refractivity contribution in [2.75, 3.05) is 19.0 Å². The third-order valence-corrected chi connectivity index (χ3v) is 4.02. The van der Waals surface area contributed by atoms with E-state index >= 15 is 0 Å². The molecule has 25 heavy (non-hydrogen) atoms. The number of aromatic nitrogens is 1. The first-order valence-electron chi connectivity index (χ1n) is 7.23. The molecule has 2 aromatic rings. The highest BCUT2D eigenvalue weighted by molar-refractivity contribution is 7.13. The molecule has 2 rings (SSSR count). The van der Waals surface area contributed by atoms with Crippen LogP contribution in [0, 0.1) is 0 Å². The number of nitrogens with two attached hydrogens (primary N) is 1. The Balaban J connectivity index is 1.83. The minimum absolute atomic E-state index is 0.232. The van der Waals surface area contributed by atoms with E-state index in [0.29, 0.717) is 12.1 Å². The molecule has 10 heteroatoms. The van der Waals surface area contributed by atoms with E-state index in [-0.39, 0.29) is 18.3 Å². The van der Waals surface area contributed by atoms with Crippen molar-refractivity contribution in [1.29, 1.82) is 0 Å². The average Bonchev–Trinajstić information content (AvgIpc) is 3.00. The monoisotopic (exact) mass is 373 g/mol. The molecule has 0 aliphatic carbocycles. The minimum Gasteiger partial charge on any atom is -0.406 e. The van der Waals surface area contributed by atoms with E-state index in [2.05, 4.69) is 20.0 Å². The van der Waals surface area contributed by atoms with Gasteiger partial charge in [-0.3, -0.25) is 0 Å². The van der Waals surface area contributed by atoms with Crippen LogP contribution < -0.4 is 20.7 Å². The van der Waals surface area contributed by atoms with Gasteiger partial charge in [-0.05, 0) is 17.7 Å². The molecule has 0 radical (unpaired) electrons. The molecule has 1 aromatic carbocycles. The molecule has 0 atom stereocenters. The minimum atomic E-state index is -4.70. The molecule has 0 fully saturated rings. The number of guanidine groups is 1. The summed E-state index contributed by atoms with van der Waals surface area (Å²) < 4.78 is 40.1. The van der Waals surface area contributed by atoms with Crippen LogP contribution in [0.15, 0.2) is 34.6 Å². The smallest absolute Gasteiger partial charge is 0.406 e. The second-order valence-corrected chi connectivity index (χ2v) is 6.10. The zero-order valence-corrected chi connectivity index (χ0v) is 14.5. The van der Waals surface area contributed by atoms with Crippen molar-refractivity contribution >= 4 is 22.4 Å². The van der Waals surface area contributed by atoms with Crippen LogP contribution in [0.5, 0.6) is 5.75 Å². The molecule has 0 unspecified atom stereocenters. The number of benzene rings is 1. The number of alkyl halides is 3. The van der Waals surface area contributed by atoms with Gasteiger partial charge in [-0.15, -0.1) is 24.5 Å². The van der Waals surface area contributed by atoms with Crippen molar-refractivity contribution in [3.8, 4) is 5.75 Å². The molecule has 0 saturated carbocycles. The van der Waals surface area contributed by atoms with E-state index in [9.17, 15) is 13.2 Å². The van der Waals surface area contributed by atoms with Crippen molar-refractivity contribution in [1.82, 2.24) is 10.3 Å². The standard InChI is InChI=1S/C15H18F3N5OS/c1-23(2)14-22-11(9-25-14)8-21-13(19)20-7-10-3-5-12(6-4-10)24-15(16,17)18/h3-6,9H,7-8H2,1-2H3,(H3,19,20,21). The van der Waals surface area contributed by atoms with Crippen molar-refractivity contribution in [2.45, 2.75) is 19.5 Å². The summed E-state index contributed by atoms with van der Waals surface area (Å²) in [5, 5.41) is 5.77. The number of anilines is 1. The number of hydrogen-bond acceptors (Lipinski definition) is 5. The fourth-order valence-corrected chi connectivity index (χ4v) is 2.55. The number of ether oxygens (including phenoxy) is 1. The van der Waals surface area contributed by atoms with Gasteiger partial charge in [0.05, 0.1) is 18.8 Å². The molecular formula is C15H18F3N5OS. The molecule has 0 spiro atoms. The lowest BCUT2D eigenvalue weighted by atomic mass is 10.2. The van der Waals surface area contributed by atoms with Gasteiger partial charge in [-0.2, -0.15) is 0 Å². The first-order chi connectivity index (χ1) is 11.7. The maximum absolute atomic E-state index is 12.1. The molecule has 0 amide bonds. The highest BCUT2D eigenvalue weighted by atomic mass is 32.1. The highest BCUT2D eigenvalue weighted by Gasteiger charge is 2.30. The molecule has 0 aliphatic heterocycles. The summed E-state index contributed by atoms with van der Waals surface area (Å²) in [5.41, 5.74) is 7.34. The zero-order chi connectivity index (χ0) is 18.4. The topological polar surface area (TPSA) is 75.8 Å². The number of hydrogen-bond donors (Lipinski definition) is 2. The maximum atomic E-state index is 12.1. The third kappa shape index (κ3) is 6.49. The summed E-state index contributed by atoms with van der Waals surface area (Å²) in [6.45, 7) is 0.684. The summed E-state index contributed by atoms with van der Waals surface area (Å²) in [7, 11) is 3.83. The summed E-state index contributed by atoms with van der Waals surface area (Å²) >= 11 is 1.53. The summed E-state index contributed by atoms with van der Waals surface area (Å²) in [6, 6.07) is 5.48. The Labute approximate surface area is 147 Å². The fourth-order valence-electron chi connectivity index (χ4n) is 1.79. The maximum Gasteiger partial charge on any atom is 0.573 e. The molecule has 0 bridgehead atoms. The fraction of sp³-hybridized carbons (Fsp3) is 0.333. The summed E-state index contributed by atoms with van der Waals surface area (Å²) in [4.78, 5) is 10.5. The number of halogens is 3. The number of nitrogens with one attached hydrogen (secondary N) is 1. The van der Waals surface area contributed by atoms with Gasteiger partial charge in [0, 0.05) is 19.5 Å². The summed E-state index contributed by atoms with van der Waals surface area (Å²) in [5.74, 6) is -0.0402. The largest absolute Gasteiger partial charge is 0.573 e. The molecule has 0 aliphatic rings. The van der Waals surface area contributed by atoms with Gasteiger partial charge in [0.1, 0.15) is 5.75 Å². The van der Waals surface area contributed by atoms with Crippen molar-refractivity contribution < 1.29 is 17.9 Å². The normalized spacial score (nSPS) is 12.1. The van der Waals surface area contributed by atoms with Crippen molar-refractivity contribution in [3.05, 3.63) is 40.9 Å². The van der Waals surface area contributed by atoms with E-state index in [0.717, 1.165) is 10.8 Å². The third-order valence-electron chi connectivity index (χ3n) is 2.96. The molecule has 0 saturated heterocycles. The lowest BCUT2D eigenvalue weighted by Gasteiger charge is -2.09. The van der Waals surface area contributed by atoms with Gasteiger partial charge in [0.25, 0.3) is 0 Å². The quantitative estimate of drug-likeness (QED) is 0.602. The number of nitrogens with zero attached hydrogens (tertiary/aromatic N) is 3. The Morgan fingerprint density at radius 2 is 2.00 bits per heavy atom. The van der Waals surface area contributed by atoms with Gasteiger partial charge in [0.2, 0.25) is 0 Å². The molecule has 136 valence electrons. The van der Waals surface area contributed by atoms with E-state index < -0.39 is 6.36 Å². The van der Waals surface area contributed by atoms with Crippen LogP contribution in [-0.2, 0) is 13.1 Å². The second kappa shape index (κ2) is 8.06. The predicted molar refractivity (Wildman–Crippen MR) is 91.7 cm³/mol. The average molecular weight is 373 g/mol. The molecule has 6 nitrogen and oxygen atoms in total. The zero-order valence-electron chi connectivity index (χ0n) is 13.7. The Morgan fingerprint density at radius 1 is 1.32 bits per heavy atom. The lowest BCUT2D eigenvalue weighted by Crippen LogP contribution is -2.31. The van der Waals surface area contributed by atoms with E-state index in [1.165, 1.54) is 35.6 Å². The Morgan fingerprint density at radius 3 is 2.56 bits per heavy atom. The van der Waals surface area contributed by atoms with Gasteiger partial charge in [-0.1, -0.05) is 12.1 Å². The van der Waals surface area contributed by atoms with Gasteiger partial charge in [-0.25, -0.2) is 9.98 Å².